The van der Waals surface area contributed by atoms with E-state index in [1.165, 1.54) is 6.07 Å². The van der Waals surface area contributed by atoms with Gasteiger partial charge in [0.25, 0.3) is 5.91 Å². The predicted molar refractivity (Wildman–Crippen MR) is 75.4 cm³/mol. The van der Waals surface area contributed by atoms with Crippen LogP contribution in [0.15, 0.2) is 30.3 Å². The Morgan fingerprint density at radius 3 is 2.57 bits per heavy atom. The summed E-state index contributed by atoms with van der Waals surface area (Å²) in [6.07, 6.45) is -0.738. The van der Waals surface area contributed by atoms with Gasteiger partial charge in [-0.2, -0.15) is 5.10 Å². The summed E-state index contributed by atoms with van der Waals surface area (Å²) < 4.78 is 5.49. The lowest BCUT2D eigenvalue weighted by Crippen LogP contribution is -2.30. The van der Waals surface area contributed by atoms with Crippen molar-refractivity contribution in [3.05, 3.63) is 41.6 Å². The highest BCUT2D eigenvalue weighted by Gasteiger charge is 2.17. The van der Waals surface area contributed by atoms with E-state index >= 15 is 0 Å². The second-order valence-electron chi connectivity index (χ2n) is 4.53. The molecule has 1 aromatic heterocycles. The topological polar surface area (TPSA) is 104 Å². The second-order valence-corrected chi connectivity index (χ2v) is 4.53. The molecule has 0 aliphatic rings. The molecule has 1 heterocycles. The van der Waals surface area contributed by atoms with Crippen molar-refractivity contribution < 1.29 is 19.4 Å². The van der Waals surface area contributed by atoms with Crippen LogP contribution in [-0.4, -0.2) is 33.3 Å². The Balaban J connectivity index is 1.95. The second kappa shape index (κ2) is 6.08. The average molecular weight is 289 g/mol. The molecule has 2 rings (SSSR count). The molecule has 21 heavy (non-hydrogen) atoms. The third-order valence-electron chi connectivity index (χ3n) is 2.76. The van der Waals surface area contributed by atoms with Gasteiger partial charge in [0.1, 0.15) is 11.4 Å². The molecule has 0 aliphatic carbocycles. The summed E-state index contributed by atoms with van der Waals surface area (Å²) >= 11 is 0. The number of H-pyrrole nitrogens is 1. The average Bonchev–Trinajstić information content (AvgIpc) is 2.90. The number of carboxylic acid groups (broad SMARTS) is 1. The van der Waals surface area contributed by atoms with Crippen LogP contribution in [0.25, 0.3) is 0 Å². The van der Waals surface area contributed by atoms with Gasteiger partial charge in [-0.1, -0.05) is 17.7 Å². The van der Waals surface area contributed by atoms with E-state index < -0.39 is 18.0 Å². The van der Waals surface area contributed by atoms with Crippen LogP contribution < -0.4 is 10.1 Å². The van der Waals surface area contributed by atoms with Crippen molar-refractivity contribution in [3.8, 4) is 5.75 Å². The number of aromatic carboxylic acids is 1. The van der Waals surface area contributed by atoms with E-state index in [1.807, 2.05) is 19.1 Å². The number of anilines is 1. The lowest BCUT2D eigenvalue weighted by atomic mass is 10.2. The molecule has 1 atom stereocenters. The summed E-state index contributed by atoms with van der Waals surface area (Å²) in [6, 6.07) is 8.55. The fraction of sp³-hybridized carbons (Fsp3) is 0.214. The molecule has 1 amide bonds. The Hall–Kier alpha value is -2.83. The van der Waals surface area contributed by atoms with Gasteiger partial charge in [-0.25, -0.2) is 4.79 Å². The zero-order valence-corrected chi connectivity index (χ0v) is 11.6. The first-order valence-corrected chi connectivity index (χ1v) is 6.28. The maximum atomic E-state index is 11.9. The number of carbonyl (C=O) groups is 2. The molecular formula is C14H15N3O4. The van der Waals surface area contributed by atoms with Gasteiger partial charge < -0.3 is 15.2 Å². The quantitative estimate of drug-likeness (QED) is 0.778. The SMILES string of the molecule is Cc1ccc(OC(C)C(=O)Nc2cc(C(=O)O)[nH]n2)cc1. The number of hydrogen-bond acceptors (Lipinski definition) is 4. The van der Waals surface area contributed by atoms with Crippen LogP contribution in [0, 0.1) is 6.92 Å². The van der Waals surface area contributed by atoms with Crippen molar-refractivity contribution in [2.24, 2.45) is 0 Å². The monoisotopic (exact) mass is 289 g/mol. The number of aromatic nitrogens is 2. The van der Waals surface area contributed by atoms with Crippen LogP contribution in [0.2, 0.25) is 0 Å². The highest BCUT2D eigenvalue weighted by atomic mass is 16.5. The largest absolute Gasteiger partial charge is 0.481 e. The Labute approximate surface area is 120 Å². The Morgan fingerprint density at radius 2 is 2.00 bits per heavy atom. The lowest BCUT2D eigenvalue weighted by molar-refractivity contribution is -0.122. The molecule has 0 aliphatic heterocycles. The van der Waals surface area contributed by atoms with Crippen LogP contribution >= 0.6 is 0 Å². The summed E-state index contributed by atoms with van der Waals surface area (Å²) in [7, 11) is 0. The fourth-order valence-corrected chi connectivity index (χ4v) is 1.60. The molecule has 1 unspecified atom stereocenters. The van der Waals surface area contributed by atoms with Crippen molar-refractivity contribution in [2.75, 3.05) is 5.32 Å². The number of carbonyl (C=O) groups excluding carboxylic acids is 1. The number of rotatable bonds is 5. The molecule has 1 aromatic carbocycles. The molecule has 7 heteroatoms. The van der Waals surface area contributed by atoms with Crippen molar-refractivity contribution in [2.45, 2.75) is 20.0 Å². The van der Waals surface area contributed by atoms with Crippen molar-refractivity contribution in [1.29, 1.82) is 0 Å². The minimum absolute atomic E-state index is 0.0996. The molecule has 0 bridgehead atoms. The predicted octanol–water partition coefficient (Wildman–Crippen LogP) is 1.82. The molecular weight excluding hydrogens is 274 g/mol. The minimum Gasteiger partial charge on any atom is -0.481 e. The van der Waals surface area contributed by atoms with Gasteiger partial charge in [-0.3, -0.25) is 9.89 Å². The molecule has 0 radical (unpaired) electrons. The molecule has 110 valence electrons. The third kappa shape index (κ3) is 3.82. The molecule has 2 aromatic rings. The third-order valence-corrected chi connectivity index (χ3v) is 2.76. The Morgan fingerprint density at radius 1 is 1.33 bits per heavy atom. The van der Waals surface area contributed by atoms with Gasteiger partial charge in [0, 0.05) is 6.07 Å². The van der Waals surface area contributed by atoms with Gasteiger partial charge in [-0.05, 0) is 26.0 Å². The molecule has 0 saturated carbocycles. The van der Waals surface area contributed by atoms with E-state index in [9.17, 15) is 9.59 Å². The lowest BCUT2D eigenvalue weighted by Gasteiger charge is -2.13. The van der Waals surface area contributed by atoms with Crippen LogP contribution in [0.5, 0.6) is 5.75 Å². The maximum absolute atomic E-state index is 11.9. The van der Waals surface area contributed by atoms with E-state index in [4.69, 9.17) is 9.84 Å². The van der Waals surface area contributed by atoms with E-state index in [1.54, 1.807) is 19.1 Å². The van der Waals surface area contributed by atoms with Crippen molar-refractivity contribution in [1.82, 2.24) is 10.2 Å². The number of ether oxygens (including phenoxy) is 1. The number of nitrogens with zero attached hydrogens (tertiary/aromatic N) is 1. The number of nitrogens with one attached hydrogen (secondary N) is 2. The first-order chi connectivity index (χ1) is 9.95. The maximum Gasteiger partial charge on any atom is 0.353 e. The van der Waals surface area contributed by atoms with E-state index in [0.29, 0.717) is 5.75 Å². The smallest absolute Gasteiger partial charge is 0.353 e. The summed E-state index contributed by atoms with van der Waals surface area (Å²) in [5.74, 6) is -0.848. The number of carboxylic acids is 1. The standard InChI is InChI=1S/C14H15N3O4/c1-8-3-5-10(6-4-8)21-9(2)13(18)15-12-7-11(14(19)20)16-17-12/h3-7,9H,1-2H3,(H,19,20)(H2,15,16,17,18). The summed E-state index contributed by atoms with van der Waals surface area (Å²) in [5.41, 5.74) is 0.995. The van der Waals surface area contributed by atoms with Gasteiger partial charge in [0.2, 0.25) is 0 Å². The van der Waals surface area contributed by atoms with Gasteiger partial charge in [-0.15, -0.1) is 0 Å². The number of benzene rings is 1. The van der Waals surface area contributed by atoms with Crippen molar-refractivity contribution in [3.63, 3.8) is 0 Å². The molecule has 7 nitrogen and oxygen atoms in total. The first-order valence-electron chi connectivity index (χ1n) is 6.28. The zero-order valence-electron chi connectivity index (χ0n) is 11.6. The fourth-order valence-electron chi connectivity index (χ4n) is 1.60. The van der Waals surface area contributed by atoms with Crippen LogP contribution in [-0.2, 0) is 4.79 Å². The summed E-state index contributed by atoms with van der Waals surface area (Å²) in [5, 5.41) is 17.2. The van der Waals surface area contributed by atoms with Gasteiger partial charge in [0.15, 0.2) is 11.9 Å². The van der Waals surface area contributed by atoms with Crippen molar-refractivity contribution >= 4 is 17.7 Å². The highest BCUT2D eigenvalue weighted by Crippen LogP contribution is 2.14. The first kappa shape index (κ1) is 14.6. The van der Waals surface area contributed by atoms with Crippen LogP contribution in [0.4, 0.5) is 5.82 Å². The Kier molecular flexibility index (Phi) is 4.22. The van der Waals surface area contributed by atoms with Crippen LogP contribution in [0.3, 0.4) is 0 Å². The zero-order chi connectivity index (χ0) is 15.4. The highest BCUT2D eigenvalue weighted by molar-refractivity contribution is 5.94. The number of aryl methyl sites for hydroxylation is 1. The van der Waals surface area contributed by atoms with Crippen LogP contribution in [0.1, 0.15) is 23.0 Å². The Bertz CT molecular complexity index is 648. The number of aromatic amines is 1. The molecule has 0 saturated heterocycles. The minimum atomic E-state index is -1.15. The van der Waals surface area contributed by atoms with E-state index in [2.05, 4.69) is 15.5 Å². The number of hydrogen-bond donors (Lipinski definition) is 3. The summed E-state index contributed by atoms with van der Waals surface area (Å²) in [4.78, 5) is 22.6. The summed E-state index contributed by atoms with van der Waals surface area (Å²) in [6.45, 7) is 3.55. The van der Waals surface area contributed by atoms with Gasteiger partial charge >= 0.3 is 5.97 Å². The van der Waals surface area contributed by atoms with Gasteiger partial charge in [0.05, 0.1) is 0 Å². The van der Waals surface area contributed by atoms with E-state index in [0.717, 1.165) is 5.56 Å². The molecule has 0 spiro atoms. The molecule has 3 N–H and O–H groups in total. The number of amides is 1. The molecule has 0 fully saturated rings. The van der Waals surface area contributed by atoms with E-state index in [-0.39, 0.29) is 11.5 Å². The normalized spacial score (nSPS) is 11.7.